The molecule has 0 aliphatic heterocycles. The molecule has 0 aliphatic carbocycles. The van der Waals surface area contributed by atoms with Gasteiger partial charge in [-0.1, -0.05) is 11.6 Å². The highest BCUT2D eigenvalue weighted by molar-refractivity contribution is 6.30. The van der Waals surface area contributed by atoms with E-state index in [9.17, 15) is 10.1 Å². The fourth-order valence-electron chi connectivity index (χ4n) is 1.30. The molecular formula is C10H8ClN3O2. The van der Waals surface area contributed by atoms with Gasteiger partial charge >= 0.3 is 0 Å². The van der Waals surface area contributed by atoms with E-state index >= 15 is 0 Å². The average Bonchev–Trinajstić information content (AvgIpc) is 2.73. The van der Waals surface area contributed by atoms with Crippen LogP contribution < -0.4 is 5.43 Å². The van der Waals surface area contributed by atoms with E-state index in [2.05, 4.69) is 5.43 Å². The number of nitro groups is 1. The lowest BCUT2D eigenvalue weighted by Crippen LogP contribution is -2.07. The van der Waals surface area contributed by atoms with E-state index in [0.717, 1.165) is 0 Å². The number of hydrogen-bond acceptors (Lipinski definition) is 3. The average molecular weight is 238 g/mol. The Labute approximate surface area is 96.4 Å². The lowest BCUT2D eigenvalue weighted by Gasteiger charge is -2.07. The summed E-state index contributed by atoms with van der Waals surface area (Å²) < 4.78 is 1.62. The van der Waals surface area contributed by atoms with Gasteiger partial charge in [0.05, 0.1) is 4.92 Å². The first-order chi connectivity index (χ1) is 7.66. The summed E-state index contributed by atoms with van der Waals surface area (Å²) in [5.41, 5.74) is 3.22. The highest BCUT2D eigenvalue weighted by Gasteiger charge is 2.13. The van der Waals surface area contributed by atoms with Crippen molar-refractivity contribution < 1.29 is 4.92 Å². The van der Waals surface area contributed by atoms with Gasteiger partial charge in [0.25, 0.3) is 5.69 Å². The van der Waals surface area contributed by atoms with Crippen LogP contribution in [0.3, 0.4) is 0 Å². The number of nitrogens with one attached hydrogen (secondary N) is 1. The van der Waals surface area contributed by atoms with Gasteiger partial charge in [-0.05, 0) is 24.3 Å². The third kappa shape index (κ3) is 2.14. The normalized spacial score (nSPS) is 10.1. The molecule has 1 aromatic carbocycles. The van der Waals surface area contributed by atoms with Crippen molar-refractivity contribution >= 4 is 23.0 Å². The van der Waals surface area contributed by atoms with Crippen molar-refractivity contribution in [2.75, 3.05) is 5.43 Å². The molecule has 1 N–H and O–H groups in total. The highest BCUT2D eigenvalue weighted by Crippen LogP contribution is 2.27. The molecule has 2 aromatic rings. The molecule has 0 bridgehead atoms. The second-order valence-electron chi connectivity index (χ2n) is 3.12. The lowest BCUT2D eigenvalue weighted by molar-refractivity contribution is -0.384. The summed E-state index contributed by atoms with van der Waals surface area (Å²) in [4.78, 5) is 10.3. The van der Waals surface area contributed by atoms with Crippen molar-refractivity contribution in [1.82, 2.24) is 4.68 Å². The number of nitrogens with zero attached hydrogens (tertiary/aromatic N) is 2. The van der Waals surface area contributed by atoms with Crippen molar-refractivity contribution in [2.24, 2.45) is 0 Å². The van der Waals surface area contributed by atoms with Crippen LogP contribution in [0.5, 0.6) is 0 Å². The molecule has 6 heteroatoms. The van der Waals surface area contributed by atoms with Crippen LogP contribution in [0.15, 0.2) is 42.7 Å². The van der Waals surface area contributed by atoms with E-state index in [1.54, 1.807) is 29.2 Å². The quantitative estimate of drug-likeness (QED) is 0.660. The van der Waals surface area contributed by atoms with Gasteiger partial charge in [0.2, 0.25) is 0 Å². The van der Waals surface area contributed by atoms with Gasteiger partial charge < -0.3 is 0 Å². The fourth-order valence-corrected chi connectivity index (χ4v) is 1.46. The number of anilines is 1. The Hall–Kier alpha value is -2.01. The Kier molecular flexibility index (Phi) is 2.78. The number of benzene rings is 1. The van der Waals surface area contributed by atoms with Crippen LogP contribution >= 0.6 is 11.6 Å². The number of nitro benzene ring substituents is 1. The van der Waals surface area contributed by atoms with Crippen LogP contribution in [0.1, 0.15) is 0 Å². The summed E-state index contributed by atoms with van der Waals surface area (Å²) in [6.45, 7) is 0. The second-order valence-corrected chi connectivity index (χ2v) is 3.56. The van der Waals surface area contributed by atoms with Gasteiger partial charge in [-0.25, -0.2) is 0 Å². The summed E-state index contributed by atoms with van der Waals surface area (Å²) in [5, 5.41) is 11.1. The zero-order valence-corrected chi connectivity index (χ0v) is 8.89. The van der Waals surface area contributed by atoms with Crippen LogP contribution in [-0.4, -0.2) is 9.60 Å². The first-order valence-electron chi connectivity index (χ1n) is 4.51. The number of aromatic nitrogens is 1. The summed E-state index contributed by atoms with van der Waals surface area (Å²) in [6.07, 6.45) is 3.50. The van der Waals surface area contributed by atoms with Gasteiger partial charge in [0.1, 0.15) is 5.69 Å². The molecule has 1 aromatic heterocycles. The Bertz CT molecular complexity index is 511. The van der Waals surface area contributed by atoms with Crippen molar-refractivity contribution in [3.05, 3.63) is 57.9 Å². The smallest absolute Gasteiger partial charge is 0.288 e. The van der Waals surface area contributed by atoms with E-state index in [1.165, 1.54) is 6.07 Å². The molecule has 0 aliphatic rings. The van der Waals surface area contributed by atoms with E-state index < -0.39 is 4.92 Å². The molecule has 0 atom stereocenters. The maximum absolute atomic E-state index is 10.8. The van der Waals surface area contributed by atoms with Crippen molar-refractivity contribution in [3.8, 4) is 0 Å². The molecule has 0 saturated heterocycles. The third-order valence-corrected chi connectivity index (χ3v) is 2.25. The van der Waals surface area contributed by atoms with E-state index in [4.69, 9.17) is 11.6 Å². The molecule has 0 spiro atoms. The highest BCUT2D eigenvalue weighted by atomic mass is 35.5. The standard InChI is InChI=1S/C10H8ClN3O2/c11-8-3-4-9(10(7-8)14(15)16)12-13-5-1-2-6-13/h1-7,12H. The van der Waals surface area contributed by atoms with Crippen molar-refractivity contribution in [3.63, 3.8) is 0 Å². The monoisotopic (exact) mass is 237 g/mol. The van der Waals surface area contributed by atoms with Gasteiger partial charge in [0.15, 0.2) is 0 Å². The van der Waals surface area contributed by atoms with E-state index in [1.807, 2.05) is 12.1 Å². The van der Waals surface area contributed by atoms with E-state index in [-0.39, 0.29) is 5.69 Å². The predicted octanol–water partition coefficient (Wildman–Crippen LogP) is 2.92. The molecular weight excluding hydrogens is 230 g/mol. The number of hydrogen-bond donors (Lipinski definition) is 1. The SMILES string of the molecule is O=[N+]([O-])c1cc(Cl)ccc1Nn1cccc1. The molecule has 16 heavy (non-hydrogen) atoms. The second kappa shape index (κ2) is 4.24. The maximum Gasteiger partial charge on any atom is 0.295 e. The molecule has 82 valence electrons. The van der Waals surface area contributed by atoms with Crippen LogP contribution in [0, 0.1) is 10.1 Å². The Morgan fingerprint density at radius 2 is 2.00 bits per heavy atom. The minimum Gasteiger partial charge on any atom is -0.288 e. The molecule has 0 fully saturated rings. The summed E-state index contributed by atoms with van der Waals surface area (Å²) >= 11 is 5.70. The number of halogens is 1. The fraction of sp³-hybridized carbons (Fsp3) is 0. The van der Waals surface area contributed by atoms with Crippen molar-refractivity contribution in [1.29, 1.82) is 0 Å². The minimum atomic E-state index is -0.474. The molecule has 5 nitrogen and oxygen atoms in total. The predicted molar refractivity (Wildman–Crippen MR) is 61.6 cm³/mol. The minimum absolute atomic E-state index is 0.0544. The summed E-state index contributed by atoms with van der Waals surface area (Å²) in [6, 6.07) is 8.11. The first kappa shape index (κ1) is 10.5. The molecule has 2 rings (SSSR count). The van der Waals surface area contributed by atoms with Gasteiger partial charge in [-0.3, -0.25) is 20.2 Å². The first-order valence-corrected chi connectivity index (χ1v) is 4.88. The lowest BCUT2D eigenvalue weighted by atomic mass is 10.3. The van der Waals surface area contributed by atoms with Crippen LogP contribution in [0.4, 0.5) is 11.4 Å². The molecule has 0 amide bonds. The zero-order chi connectivity index (χ0) is 11.5. The van der Waals surface area contributed by atoms with Gasteiger partial charge in [-0.2, -0.15) is 0 Å². The summed E-state index contributed by atoms with van der Waals surface area (Å²) in [5.74, 6) is 0. The van der Waals surface area contributed by atoms with Gasteiger partial charge in [-0.15, -0.1) is 0 Å². The maximum atomic E-state index is 10.8. The Morgan fingerprint density at radius 3 is 2.62 bits per heavy atom. The van der Waals surface area contributed by atoms with Crippen LogP contribution in [0.25, 0.3) is 0 Å². The molecule has 0 radical (unpaired) electrons. The zero-order valence-electron chi connectivity index (χ0n) is 8.13. The third-order valence-electron chi connectivity index (χ3n) is 2.01. The Balaban J connectivity index is 2.36. The van der Waals surface area contributed by atoms with Crippen LogP contribution in [-0.2, 0) is 0 Å². The van der Waals surface area contributed by atoms with E-state index in [0.29, 0.717) is 10.7 Å². The Morgan fingerprint density at radius 1 is 1.31 bits per heavy atom. The topological polar surface area (TPSA) is 60.1 Å². The summed E-state index contributed by atoms with van der Waals surface area (Å²) in [7, 11) is 0. The largest absolute Gasteiger partial charge is 0.295 e. The molecule has 0 saturated carbocycles. The van der Waals surface area contributed by atoms with Crippen molar-refractivity contribution in [2.45, 2.75) is 0 Å². The van der Waals surface area contributed by atoms with Crippen LogP contribution in [0.2, 0.25) is 5.02 Å². The molecule has 0 unspecified atom stereocenters. The van der Waals surface area contributed by atoms with Gasteiger partial charge in [0, 0.05) is 23.5 Å². The molecule has 1 heterocycles. The number of rotatable bonds is 3.